The van der Waals surface area contributed by atoms with Crippen LogP contribution in [-0.2, 0) is 14.3 Å². The molecular weight excluding hydrogens is 466 g/mol. The first kappa shape index (κ1) is 27.0. The number of amides is 2. The Balaban J connectivity index is 1.40. The Morgan fingerprint density at radius 3 is 2.75 bits per heavy atom. The third-order valence-electron chi connectivity index (χ3n) is 6.17. The van der Waals surface area contributed by atoms with Crippen molar-refractivity contribution in [2.75, 3.05) is 49.5 Å². The Bertz CT molecular complexity index is 918. The molecule has 5 N–H and O–H groups in total. The molecule has 36 heavy (non-hydrogen) atoms. The number of piperidine rings is 1. The number of hydrogen-bond acceptors (Lipinski definition) is 9. The number of alkyl carbamates (subject to hydrolysis) is 1. The van der Waals surface area contributed by atoms with Gasteiger partial charge in [0, 0.05) is 50.0 Å². The van der Waals surface area contributed by atoms with Crippen LogP contribution in [0.5, 0.6) is 0 Å². The quantitative estimate of drug-likeness (QED) is 0.267. The molecule has 1 saturated heterocycles. The zero-order chi connectivity index (χ0) is 25.8. The lowest BCUT2D eigenvalue weighted by atomic mass is 9.95. The standard InChI is InChI=1S/C24H37N7O5/c1-2-3-4-5-14-36-24(35)30-19(22(33)34)16-28-21(32)17-7-12-31(13-8-17)20-15-18(6-9-25-20)29-23-26-10-11-27-23/h6,9,15,17,19H,2-5,7-8,10-14,16H2,1H3,(H,28,32)(H,30,35)(H,33,34)(H2,25,26,27,29)/t19-/m0/s1. The predicted molar refractivity (Wildman–Crippen MR) is 136 cm³/mol. The topological polar surface area (TPSA) is 157 Å². The zero-order valence-electron chi connectivity index (χ0n) is 20.8. The van der Waals surface area contributed by atoms with E-state index in [0.717, 1.165) is 56.2 Å². The van der Waals surface area contributed by atoms with Gasteiger partial charge in [-0.25, -0.2) is 14.6 Å². The molecule has 3 heterocycles. The number of aromatic nitrogens is 1. The molecule has 12 nitrogen and oxygen atoms in total. The summed E-state index contributed by atoms with van der Waals surface area (Å²) < 4.78 is 5.04. The molecule has 3 rings (SSSR count). The Morgan fingerprint density at radius 1 is 1.25 bits per heavy atom. The van der Waals surface area contributed by atoms with Crippen molar-refractivity contribution in [2.45, 2.75) is 51.5 Å². The van der Waals surface area contributed by atoms with E-state index in [4.69, 9.17) is 4.74 Å². The molecule has 0 aliphatic carbocycles. The summed E-state index contributed by atoms with van der Waals surface area (Å²) in [5, 5.41) is 20.8. The molecular formula is C24H37N7O5. The first-order valence-electron chi connectivity index (χ1n) is 12.7. The molecule has 1 aromatic rings. The number of unbranched alkanes of at least 4 members (excludes halogenated alkanes) is 3. The van der Waals surface area contributed by atoms with E-state index in [-0.39, 0.29) is 25.0 Å². The van der Waals surface area contributed by atoms with Gasteiger partial charge in [0.25, 0.3) is 0 Å². The van der Waals surface area contributed by atoms with Crippen LogP contribution in [0.15, 0.2) is 23.3 Å². The molecule has 198 valence electrons. The highest BCUT2D eigenvalue weighted by atomic mass is 16.5. The smallest absolute Gasteiger partial charge is 0.407 e. The number of ether oxygens (including phenoxy) is 1. The van der Waals surface area contributed by atoms with Gasteiger partial charge in [0.2, 0.25) is 5.91 Å². The summed E-state index contributed by atoms with van der Waals surface area (Å²) in [7, 11) is 0. The first-order chi connectivity index (χ1) is 17.5. The highest BCUT2D eigenvalue weighted by Gasteiger charge is 2.28. The van der Waals surface area contributed by atoms with Crippen molar-refractivity contribution < 1.29 is 24.2 Å². The van der Waals surface area contributed by atoms with Crippen molar-refractivity contribution in [1.82, 2.24) is 20.9 Å². The lowest BCUT2D eigenvalue weighted by Crippen LogP contribution is -2.50. The largest absolute Gasteiger partial charge is 0.480 e. The maximum atomic E-state index is 12.7. The second kappa shape index (κ2) is 14.1. The zero-order valence-corrected chi connectivity index (χ0v) is 20.8. The summed E-state index contributed by atoms with van der Waals surface area (Å²) in [5.74, 6) is -0.118. The minimum atomic E-state index is -1.25. The molecule has 2 aliphatic rings. The van der Waals surface area contributed by atoms with E-state index in [1.807, 2.05) is 12.1 Å². The maximum absolute atomic E-state index is 12.7. The van der Waals surface area contributed by atoms with E-state index in [1.165, 1.54) is 0 Å². The number of pyridine rings is 1. The number of guanidine groups is 1. The van der Waals surface area contributed by atoms with Gasteiger partial charge < -0.3 is 36.0 Å². The van der Waals surface area contributed by atoms with E-state index in [1.54, 1.807) is 6.20 Å². The van der Waals surface area contributed by atoms with Crippen LogP contribution in [0.2, 0.25) is 0 Å². The molecule has 2 amide bonds. The fourth-order valence-corrected chi connectivity index (χ4v) is 4.08. The molecule has 0 radical (unpaired) electrons. The third kappa shape index (κ3) is 8.58. The number of carbonyl (C=O) groups excluding carboxylic acids is 2. The second-order valence-corrected chi connectivity index (χ2v) is 8.92. The Kier molecular flexibility index (Phi) is 10.6. The SMILES string of the molecule is CCCCCCOC(=O)N[C@@H](CNC(=O)C1CCN(c2cc(NC3=NCCN3)ccn2)CC1)C(=O)O. The molecule has 1 aromatic heterocycles. The summed E-state index contributed by atoms with van der Waals surface area (Å²) in [6, 6.07) is 2.58. The number of aliphatic imine (C=N–C) groups is 1. The van der Waals surface area contributed by atoms with Crippen molar-refractivity contribution in [3.05, 3.63) is 18.3 Å². The number of carbonyl (C=O) groups is 3. The number of hydrogen-bond donors (Lipinski definition) is 5. The normalized spacial score (nSPS) is 16.5. The number of carboxylic acid groups (broad SMARTS) is 1. The molecule has 12 heteroatoms. The van der Waals surface area contributed by atoms with Gasteiger partial charge in [-0.15, -0.1) is 0 Å². The number of aliphatic carboxylic acids is 1. The molecule has 0 saturated carbocycles. The number of rotatable bonds is 12. The van der Waals surface area contributed by atoms with E-state index in [9.17, 15) is 19.5 Å². The third-order valence-corrected chi connectivity index (χ3v) is 6.17. The van der Waals surface area contributed by atoms with Gasteiger partial charge in [0.1, 0.15) is 11.9 Å². The van der Waals surface area contributed by atoms with Gasteiger partial charge in [-0.2, -0.15) is 0 Å². The van der Waals surface area contributed by atoms with Crippen LogP contribution >= 0.6 is 0 Å². The number of anilines is 2. The summed E-state index contributed by atoms with van der Waals surface area (Å²) in [5.41, 5.74) is 0.889. The van der Waals surface area contributed by atoms with Gasteiger partial charge in [0.05, 0.1) is 13.2 Å². The van der Waals surface area contributed by atoms with Crippen LogP contribution in [0.4, 0.5) is 16.3 Å². The van der Waals surface area contributed by atoms with Gasteiger partial charge in [-0.05, 0) is 25.3 Å². The Labute approximate surface area is 211 Å². The fraction of sp³-hybridized carbons (Fsp3) is 0.625. The molecule has 0 unspecified atom stereocenters. The van der Waals surface area contributed by atoms with E-state index in [2.05, 4.69) is 43.1 Å². The average molecular weight is 504 g/mol. The Morgan fingerprint density at radius 2 is 2.06 bits per heavy atom. The highest BCUT2D eigenvalue weighted by Crippen LogP contribution is 2.24. The number of nitrogens with one attached hydrogen (secondary N) is 4. The maximum Gasteiger partial charge on any atom is 0.407 e. The van der Waals surface area contributed by atoms with Crippen LogP contribution in [0.3, 0.4) is 0 Å². The molecule has 1 fully saturated rings. The summed E-state index contributed by atoms with van der Waals surface area (Å²) >= 11 is 0. The van der Waals surface area contributed by atoms with Gasteiger partial charge in [-0.1, -0.05) is 26.2 Å². The van der Waals surface area contributed by atoms with E-state index < -0.39 is 18.1 Å². The van der Waals surface area contributed by atoms with Crippen molar-refractivity contribution >= 4 is 35.4 Å². The Hall–Kier alpha value is -3.57. The summed E-state index contributed by atoms with van der Waals surface area (Å²) in [4.78, 5) is 47.0. The second-order valence-electron chi connectivity index (χ2n) is 8.92. The van der Waals surface area contributed by atoms with Crippen LogP contribution in [0.1, 0.15) is 45.4 Å². The van der Waals surface area contributed by atoms with Crippen LogP contribution in [0.25, 0.3) is 0 Å². The molecule has 1 atom stereocenters. The van der Waals surface area contributed by atoms with E-state index >= 15 is 0 Å². The van der Waals surface area contributed by atoms with Crippen LogP contribution in [0, 0.1) is 5.92 Å². The summed E-state index contributed by atoms with van der Waals surface area (Å²) in [6.45, 7) is 5.00. The number of nitrogens with zero attached hydrogens (tertiary/aromatic N) is 3. The van der Waals surface area contributed by atoms with Crippen molar-refractivity contribution in [3.8, 4) is 0 Å². The minimum Gasteiger partial charge on any atom is -0.480 e. The van der Waals surface area contributed by atoms with Crippen molar-refractivity contribution in [3.63, 3.8) is 0 Å². The van der Waals surface area contributed by atoms with Crippen molar-refractivity contribution in [1.29, 1.82) is 0 Å². The highest BCUT2D eigenvalue weighted by molar-refractivity contribution is 5.94. The molecule has 0 spiro atoms. The minimum absolute atomic E-state index is 0.202. The summed E-state index contributed by atoms with van der Waals surface area (Å²) in [6.07, 6.45) is 5.99. The fourth-order valence-electron chi connectivity index (χ4n) is 4.08. The lowest BCUT2D eigenvalue weighted by Gasteiger charge is -2.32. The van der Waals surface area contributed by atoms with E-state index in [0.29, 0.717) is 25.9 Å². The molecule has 0 bridgehead atoms. The predicted octanol–water partition coefficient (Wildman–Crippen LogP) is 1.55. The first-order valence-corrected chi connectivity index (χ1v) is 12.7. The number of carboxylic acids is 1. The average Bonchev–Trinajstić information content (AvgIpc) is 3.39. The molecule has 2 aliphatic heterocycles. The van der Waals surface area contributed by atoms with Gasteiger partial charge in [0.15, 0.2) is 5.96 Å². The van der Waals surface area contributed by atoms with Crippen LogP contribution in [-0.4, -0.2) is 79.4 Å². The van der Waals surface area contributed by atoms with Gasteiger partial charge >= 0.3 is 12.1 Å². The lowest BCUT2D eigenvalue weighted by molar-refractivity contribution is -0.139. The van der Waals surface area contributed by atoms with Crippen LogP contribution < -0.4 is 26.2 Å². The molecule has 0 aromatic carbocycles. The van der Waals surface area contributed by atoms with Crippen molar-refractivity contribution in [2.24, 2.45) is 10.9 Å². The van der Waals surface area contributed by atoms with Gasteiger partial charge in [-0.3, -0.25) is 9.79 Å². The monoisotopic (exact) mass is 503 g/mol.